The van der Waals surface area contributed by atoms with Crippen molar-refractivity contribution < 1.29 is 14.5 Å². The summed E-state index contributed by atoms with van der Waals surface area (Å²) in [6.45, 7) is 3.52. The lowest BCUT2D eigenvalue weighted by atomic mass is 10.2. The Balaban J connectivity index is 1.79. The van der Waals surface area contributed by atoms with E-state index in [1.807, 2.05) is 13.0 Å². The topological polar surface area (TPSA) is 119 Å². The molecular weight excluding hydrogens is 362 g/mol. The number of anilines is 1. The van der Waals surface area contributed by atoms with Crippen molar-refractivity contribution in [2.45, 2.75) is 26.8 Å². The average Bonchev–Trinajstić information content (AvgIpc) is 2.95. The van der Waals surface area contributed by atoms with Crippen LogP contribution in [0, 0.1) is 24.0 Å². The molecule has 1 aromatic heterocycles. The third kappa shape index (κ3) is 5.28. The second-order valence-electron chi connectivity index (χ2n) is 5.66. The number of halogens is 1. The molecule has 2 N–H and O–H groups in total. The number of nitrogens with one attached hydrogen (secondary N) is 2. The lowest BCUT2D eigenvalue weighted by Crippen LogP contribution is -2.33. The normalized spacial score (nSPS) is 10.4. The van der Waals surface area contributed by atoms with Gasteiger partial charge in [0.25, 0.3) is 0 Å². The second-order valence-corrected chi connectivity index (χ2v) is 6.06. The first-order valence-corrected chi connectivity index (χ1v) is 8.15. The van der Waals surface area contributed by atoms with Crippen molar-refractivity contribution >= 4 is 34.9 Å². The molecule has 10 heteroatoms. The summed E-state index contributed by atoms with van der Waals surface area (Å²) in [5, 5.41) is 16.2. The molecule has 0 atom stereocenters. The molecule has 0 bridgehead atoms. The van der Waals surface area contributed by atoms with Crippen LogP contribution in [-0.4, -0.2) is 32.8 Å². The van der Waals surface area contributed by atoms with E-state index in [2.05, 4.69) is 15.6 Å². The van der Waals surface area contributed by atoms with Gasteiger partial charge in [0.05, 0.1) is 17.3 Å². The van der Waals surface area contributed by atoms with Gasteiger partial charge in [0.1, 0.15) is 6.20 Å². The van der Waals surface area contributed by atoms with E-state index in [-0.39, 0.29) is 31.2 Å². The number of imidazole rings is 1. The van der Waals surface area contributed by atoms with Gasteiger partial charge in [-0.2, -0.15) is 0 Å². The predicted molar refractivity (Wildman–Crippen MR) is 96.1 cm³/mol. The van der Waals surface area contributed by atoms with Gasteiger partial charge in [-0.15, -0.1) is 0 Å². The first-order valence-electron chi connectivity index (χ1n) is 7.77. The number of amides is 2. The summed E-state index contributed by atoms with van der Waals surface area (Å²) < 4.78 is 1.52. The lowest BCUT2D eigenvalue weighted by molar-refractivity contribution is -0.389. The minimum absolute atomic E-state index is 0.0624. The van der Waals surface area contributed by atoms with Gasteiger partial charge in [-0.1, -0.05) is 17.7 Å². The van der Waals surface area contributed by atoms with Gasteiger partial charge in [0.2, 0.25) is 17.6 Å². The molecule has 0 fully saturated rings. The summed E-state index contributed by atoms with van der Waals surface area (Å²) in [6.07, 6.45) is 1.33. The summed E-state index contributed by atoms with van der Waals surface area (Å²) >= 11 is 6.03. The Morgan fingerprint density at radius 1 is 1.31 bits per heavy atom. The molecule has 1 heterocycles. The van der Waals surface area contributed by atoms with Gasteiger partial charge in [0, 0.05) is 19.9 Å². The number of hydrogen-bond acceptors (Lipinski definition) is 5. The zero-order valence-electron chi connectivity index (χ0n) is 14.3. The molecule has 0 unspecified atom stereocenters. The Morgan fingerprint density at radius 2 is 2.04 bits per heavy atom. The van der Waals surface area contributed by atoms with Gasteiger partial charge in [-0.05, 0) is 34.5 Å². The van der Waals surface area contributed by atoms with Crippen molar-refractivity contribution in [3.05, 3.63) is 50.9 Å². The maximum absolute atomic E-state index is 11.9. The molecule has 2 amide bonds. The fraction of sp³-hybridized carbons (Fsp3) is 0.312. The van der Waals surface area contributed by atoms with Gasteiger partial charge < -0.3 is 25.3 Å². The van der Waals surface area contributed by atoms with E-state index in [4.69, 9.17) is 11.6 Å². The minimum Gasteiger partial charge on any atom is -0.358 e. The molecule has 0 aliphatic rings. The Bertz CT molecular complexity index is 849. The lowest BCUT2D eigenvalue weighted by Gasteiger charge is -2.09. The predicted octanol–water partition coefficient (Wildman–Crippen LogP) is 2.21. The molecular formula is C16H18ClN5O4. The molecule has 0 aliphatic carbocycles. The van der Waals surface area contributed by atoms with E-state index in [0.717, 1.165) is 5.56 Å². The summed E-state index contributed by atoms with van der Waals surface area (Å²) in [7, 11) is 0. The molecule has 0 aliphatic heterocycles. The van der Waals surface area contributed by atoms with Crippen molar-refractivity contribution in [3.63, 3.8) is 0 Å². The zero-order valence-corrected chi connectivity index (χ0v) is 15.0. The Hall–Kier alpha value is -2.94. The fourth-order valence-corrected chi connectivity index (χ4v) is 2.49. The van der Waals surface area contributed by atoms with Crippen LogP contribution in [0.3, 0.4) is 0 Å². The van der Waals surface area contributed by atoms with Gasteiger partial charge in [0.15, 0.2) is 0 Å². The monoisotopic (exact) mass is 379 g/mol. The summed E-state index contributed by atoms with van der Waals surface area (Å²) in [6, 6.07) is 5.22. The van der Waals surface area contributed by atoms with Crippen LogP contribution in [-0.2, 0) is 16.1 Å². The highest BCUT2D eigenvalue weighted by Crippen LogP contribution is 2.22. The highest BCUT2D eigenvalue weighted by atomic mass is 35.5. The van der Waals surface area contributed by atoms with Crippen LogP contribution in [0.1, 0.15) is 17.8 Å². The molecule has 2 rings (SSSR count). The van der Waals surface area contributed by atoms with E-state index in [1.54, 1.807) is 19.1 Å². The van der Waals surface area contributed by atoms with E-state index >= 15 is 0 Å². The Kier molecular flexibility index (Phi) is 6.29. The molecule has 0 radical (unpaired) electrons. The molecule has 1 aromatic carbocycles. The van der Waals surface area contributed by atoms with Crippen LogP contribution in [0.25, 0.3) is 0 Å². The van der Waals surface area contributed by atoms with Crippen molar-refractivity contribution in [1.29, 1.82) is 0 Å². The Morgan fingerprint density at radius 3 is 2.65 bits per heavy atom. The number of benzene rings is 1. The SMILES string of the molecule is Cc1ccc(NC(=O)CNC(=O)CCn2cc([N+](=O)[O-])nc2C)c(Cl)c1. The first-order chi connectivity index (χ1) is 12.3. The Labute approximate surface area is 154 Å². The number of aromatic nitrogens is 2. The fourth-order valence-electron chi connectivity index (χ4n) is 2.21. The smallest absolute Gasteiger partial charge is 0.358 e. The standard InChI is InChI=1S/C16H18ClN5O4/c1-10-3-4-13(12(17)7-10)20-16(24)8-18-15(23)5-6-21-9-14(22(25)26)19-11(21)2/h3-4,7,9H,5-6,8H2,1-2H3,(H,18,23)(H,20,24). The number of nitro groups is 1. The molecule has 0 saturated heterocycles. The number of carbonyl (C=O) groups is 2. The average molecular weight is 380 g/mol. The van der Waals surface area contributed by atoms with Gasteiger partial charge in [-0.25, -0.2) is 0 Å². The van der Waals surface area contributed by atoms with Crippen LogP contribution in [0.5, 0.6) is 0 Å². The van der Waals surface area contributed by atoms with Crippen molar-refractivity contribution in [2.24, 2.45) is 0 Å². The van der Waals surface area contributed by atoms with E-state index < -0.39 is 10.8 Å². The highest BCUT2D eigenvalue weighted by Gasteiger charge is 2.16. The van der Waals surface area contributed by atoms with Crippen LogP contribution < -0.4 is 10.6 Å². The minimum atomic E-state index is -0.593. The third-order valence-electron chi connectivity index (χ3n) is 3.57. The highest BCUT2D eigenvalue weighted by molar-refractivity contribution is 6.33. The van der Waals surface area contributed by atoms with Crippen molar-refractivity contribution in [1.82, 2.24) is 14.9 Å². The number of aryl methyl sites for hydroxylation is 3. The quantitative estimate of drug-likeness (QED) is 0.564. The molecule has 9 nitrogen and oxygen atoms in total. The summed E-state index contributed by atoms with van der Waals surface area (Å²) in [5.41, 5.74) is 1.44. The van der Waals surface area contributed by atoms with Gasteiger partial charge in [-0.3, -0.25) is 9.59 Å². The molecule has 138 valence electrons. The second kappa shape index (κ2) is 8.43. The maximum atomic E-state index is 11.9. The zero-order chi connectivity index (χ0) is 19.3. The molecule has 2 aromatic rings. The van der Waals surface area contributed by atoms with Crippen molar-refractivity contribution in [3.8, 4) is 0 Å². The van der Waals surface area contributed by atoms with Crippen LogP contribution >= 0.6 is 11.6 Å². The molecule has 0 spiro atoms. The summed E-state index contributed by atoms with van der Waals surface area (Å²) in [4.78, 5) is 37.6. The molecule has 0 saturated carbocycles. The maximum Gasteiger partial charge on any atom is 0.381 e. The number of hydrogen-bond donors (Lipinski definition) is 2. The van der Waals surface area contributed by atoms with Crippen LogP contribution in [0.15, 0.2) is 24.4 Å². The number of carbonyl (C=O) groups excluding carboxylic acids is 2. The van der Waals surface area contributed by atoms with Crippen LogP contribution in [0.2, 0.25) is 5.02 Å². The van der Waals surface area contributed by atoms with Crippen LogP contribution in [0.4, 0.5) is 11.5 Å². The first kappa shape index (κ1) is 19.4. The summed E-state index contributed by atoms with van der Waals surface area (Å²) in [5.74, 6) is -0.585. The molecule has 26 heavy (non-hydrogen) atoms. The van der Waals surface area contributed by atoms with E-state index in [9.17, 15) is 19.7 Å². The third-order valence-corrected chi connectivity index (χ3v) is 3.89. The van der Waals surface area contributed by atoms with E-state index in [1.165, 1.54) is 10.8 Å². The van der Waals surface area contributed by atoms with Crippen molar-refractivity contribution in [2.75, 3.05) is 11.9 Å². The van der Waals surface area contributed by atoms with E-state index in [0.29, 0.717) is 16.5 Å². The van der Waals surface area contributed by atoms with Gasteiger partial charge >= 0.3 is 5.82 Å². The number of rotatable bonds is 7. The largest absolute Gasteiger partial charge is 0.381 e. The number of nitrogens with zero attached hydrogens (tertiary/aromatic N) is 3.